The lowest BCUT2D eigenvalue weighted by molar-refractivity contribution is 0.0506. The number of carbonyl (C=O) groups is 2. The van der Waals surface area contributed by atoms with E-state index in [9.17, 15) is 14.7 Å². The van der Waals surface area contributed by atoms with Gasteiger partial charge >= 0.3 is 6.09 Å². The number of phenolic OH excluding ortho intramolecular Hbond substituents is 1. The number of rotatable bonds is 3. The molecule has 1 aliphatic rings. The van der Waals surface area contributed by atoms with Crippen molar-refractivity contribution in [3.8, 4) is 5.75 Å². The van der Waals surface area contributed by atoms with Gasteiger partial charge in [0.1, 0.15) is 11.9 Å². The van der Waals surface area contributed by atoms with Gasteiger partial charge in [0.05, 0.1) is 12.2 Å². The van der Waals surface area contributed by atoms with Crippen LogP contribution in [0.1, 0.15) is 29.0 Å². The van der Waals surface area contributed by atoms with E-state index in [0.29, 0.717) is 16.8 Å². The molecule has 3 N–H and O–H groups in total. The van der Waals surface area contributed by atoms with Crippen molar-refractivity contribution in [1.29, 1.82) is 0 Å². The molecule has 0 aliphatic carbocycles. The summed E-state index contributed by atoms with van der Waals surface area (Å²) in [5.41, 5.74) is 4.16. The molecule has 0 bridgehead atoms. The van der Waals surface area contributed by atoms with Gasteiger partial charge in [-0.3, -0.25) is 4.79 Å². The fourth-order valence-electron chi connectivity index (χ4n) is 2.56. The largest absolute Gasteiger partial charge is 0.508 e. The number of fused-ring (bicyclic) bond motifs is 1. The van der Waals surface area contributed by atoms with Crippen LogP contribution in [0.4, 0.5) is 10.5 Å². The highest BCUT2D eigenvalue weighted by atomic mass is 16.6. The SMILES string of the molecule is CCOC(=O)NN1C(=O)c2ccccc2N[C@@H]1c1cccc(O)c1. The maximum atomic E-state index is 12.8. The van der Waals surface area contributed by atoms with Crippen molar-refractivity contribution < 1.29 is 19.4 Å². The van der Waals surface area contributed by atoms with Crippen LogP contribution in [0.3, 0.4) is 0 Å². The lowest BCUT2D eigenvalue weighted by Crippen LogP contribution is -2.53. The summed E-state index contributed by atoms with van der Waals surface area (Å²) in [5, 5.41) is 14.1. The number of hydrogen-bond donors (Lipinski definition) is 3. The maximum absolute atomic E-state index is 12.8. The first-order valence-electron chi connectivity index (χ1n) is 7.51. The number of amides is 2. The second-order valence-corrected chi connectivity index (χ2v) is 5.19. The summed E-state index contributed by atoms with van der Waals surface area (Å²) in [4.78, 5) is 24.6. The Morgan fingerprint density at radius 3 is 2.83 bits per heavy atom. The summed E-state index contributed by atoms with van der Waals surface area (Å²) in [7, 11) is 0. The van der Waals surface area contributed by atoms with E-state index in [2.05, 4.69) is 10.7 Å². The average molecular weight is 327 g/mol. The van der Waals surface area contributed by atoms with Gasteiger partial charge in [-0.25, -0.2) is 15.2 Å². The van der Waals surface area contributed by atoms with Crippen molar-refractivity contribution >= 4 is 17.7 Å². The lowest BCUT2D eigenvalue weighted by atomic mass is 10.0. The number of ether oxygens (including phenoxy) is 1. The molecule has 2 amide bonds. The number of nitrogens with one attached hydrogen (secondary N) is 2. The van der Waals surface area contributed by atoms with Crippen molar-refractivity contribution in [3.05, 3.63) is 59.7 Å². The first-order valence-corrected chi connectivity index (χ1v) is 7.51. The Morgan fingerprint density at radius 2 is 2.08 bits per heavy atom. The molecule has 24 heavy (non-hydrogen) atoms. The number of hydrogen-bond acceptors (Lipinski definition) is 5. The van der Waals surface area contributed by atoms with Crippen LogP contribution in [0.15, 0.2) is 48.5 Å². The third-order valence-electron chi connectivity index (χ3n) is 3.60. The first kappa shape index (κ1) is 15.7. The van der Waals surface area contributed by atoms with E-state index in [-0.39, 0.29) is 18.3 Å². The van der Waals surface area contributed by atoms with E-state index in [1.165, 1.54) is 12.1 Å². The van der Waals surface area contributed by atoms with Gasteiger partial charge in [-0.15, -0.1) is 0 Å². The van der Waals surface area contributed by atoms with Crippen LogP contribution in [-0.4, -0.2) is 28.7 Å². The minimum atomic E-state index is -0.725. The normalized spacial score (nSPS) is 16.1. The van der Waals surface area contributed by atoms with Crippen molar-refractivity contribution in [3.63, 3.8) is 0 Å². The van der Waals surface area contributed by atoms with E-state index in [0.717, 1.165) is 5.01 Å². The molecule has 1 atom stereocenters. The Balaban J connectivity index is 2.00. The molecule has 3 rings (SSSR count). The van der Waals surface area contributed by atoms with Crippen LogP contribution in [-0.2, 0) is 4.74 Å². The molecule has 0 aromatic heterocycles. The molecule has 0 saturated heterocycles. The Hall–Kier alpha value is -3.22. The third kappa shape index (κ3) is 2.96. The van der Waals surface area contributed by atoms with Crippen LogP contribution in [0.25, 0.3) is 0 Å². The summed E-state index contributed by atoms with van der Waals surface area (Å²) < 4.78 is 4.87. The highest BCUT2D eigenvalue weighted by Gasteiger charge is 2.34. The van der Waals surface area contributed by atoms with Gasteiger partial charge < -0.3 is 15.2 Å². The van der Waals surface area contributed by atoms with Crippen LogP contribution in [0.5, 0.6) is 5.75 Å². The molecule has 2 aromatic carbocycles. The standard InChI is InChI=1S/C17H17N3O4/c1-2-24-17(23)19-20-15(11-6-5-7-12(21)10-11)18-14-9-4-3-8-13(14)16(20)22/h3-10,15,18,21H,2H2,1H3,(H,19,23)/t15-/m0/s1. The summed E-state index contributed by atoms with van der Waals surface area (Å²) >= 11 is 0. The molecule has 1 aliphatic heterocycles. The molecular weight excluding hydrogens is 310 g/mol. The minimum Gasteiger partial charge on any atom is -0.508 e. The molecule has 7 nitrogen and oxygen atoms in total. The summed E-state index contributed by atoms with van der Waals surface area (Å²) in [5.74, 6) is -0.303. The Labute approximate surface area is 138 Å². The van der Waals surface area contributed by atoms with Crippen LogP contribution < -0.4 is 10.7 Å². The van der Waals surface area contributed by atoms with Crippen molar-refractivity contribution in [2.24, 2.45) is 0 Å². The van der Waals surface area contributed by atoms with E-state index in [1.807, 2.05) is 6.07 Å². The fraction of sp³-hybridized carbons (Fsp3) is 0.176. The second kappa shape index (κ2) is 6.49. The summed E-state index contributed by atoms with van der Waals surface area (Å²) in [6.45, 7) is 1.87. The molecule has 1 heterocycles. The molecule has 0 saturated carbocycles. The Morgan fingerprint density at radius 1 is 1.29 bits per heavy atom. The number of para-hydroxylation sites is 1. The number of hydrazine groups is 1. The van der Waals surface area contributed by atoms with Gasteiger partial charge in [0.25, 0.3) is 5.91 Å². The molecule has 0 unspecified atom stereocenters. The zero-order chi connectivity index (χ0) is 17.1. The number of aromatic hydroxyl groups is 1. The summed E-state index contributed by atoms with van der Waals surface area (Å²) in [6, 6.07) is 13.5. The molecule has 7 heteroatoms. The van der Waals surface area contributed by atoms with Crippen molar-refractivity contribution in [1.82, 2.24) is 10.4 Å². The lowest BCUT2D eigenvalue weighted by Gasteiger charge is -2.37. The maximum Gasteiger partial charge on any atom is 0.426 e. The third-order valence-corrected chi connectivity index (χ3v) is 3.60. The van der Waals surface area contributed by atoms with Gasteiger partial charge in [-0.2, -0.15) is 0 Å². The van der Waals surface area contributed by atoms with Gasteiger partial charge in [-0.1, -0.05) is 24.3 Å². The van der Waals surface area contributed by atoms with Crippen molar-refractivity contribution in [2.75, 3.05) is 11.9 Å². The van der Waals surface area contributed by atoms with E-state index >= 15 is 0 Å². The topological polar surface area (TPSA) is 90.9 Å². The second-order valence-electron chi connectivity index (χ2n) is 5.19. The van der Waals surface area contributed by atoms with Crippen LogP contribution in [0, 0.1) is 0 Å². The monoisotopic (exact) mass is 327 g/mol. The highest BCUT2D eigenvalue weighted by molar-refractivity contribution is 6.02. The predicted molar refractivity (Wildman–Crippen MR) is 87.2 cm³/mol. The smallest absolute Gasteiger partial charge is 0.426 e. The molecule has 0 spiro atoms. The Bertz CT molecular complexity index is 778. The quantitative estimate of drug-likeness (QED) is 0.806. The van der Waals surface area contributed by atoms with E-state index < -0.39 is 12.3 Å². The molecule has 0 fully saturated rings. The highest BCUT2D eigenvalue weighted by Crippen LogP contribution is 2.32. The van der Waals surface area contributed by atoms with Gasteiger partial charge in [0, 0.05) is 11.3 Å². The number of benzene rings is 2. The van der Waals surface area contributed by atoms with Crippen LogP contribution in [0.2, 0.25) is 0 Å². The fourth-order valence-corrected chi connectivity index (χ4v) is 2.56. The molecule has 2 aromatic rings. The van der Waals surface area contributed by atoms with Crippen LogP contribution >= 0.6 is 0 Å². The molecule has 0 radical (unpaired) electrons. The minimum absolute atomic E-state index is 0.0664. The zero-order valence-electron chi connectivity index (χ0n) is 13.0. The first-order chi connectivity index (χ1) is 11.6. The van der Waals surface area contributed by atoms with Gasteiger partial charge in [-0.05, 0) is 31.2 Å². The van der Waals surface area contributed by atoms with Gasteiger partial charge in [0.2, 0.25) is 0 Å². The zero-order valence-corrected chi connectivity index (χ0v) is 13.0. The number of anilines is 1. The predicted octanol–water partition coefficient (Wildman–Crippen LogP) is 2.62. The van der Waals surface area contributed by atoms with E-state index in [4.69, 9.17) is 4.74 Å². The number of phenols is 1. The number of nitrogens with zero attached hydrogens (tertiary/aromatic N) is 1. The number of carbonyl (C=O) groups excluding carboxylic acids is 2. The molecule has 124 valence electrons. The van der Waals surface area contributed by atoms with Crippen molar-refractivity contribution in [2.45, 2.75) is 13.1 Å². The van der Waals surface area contributed by atoms with E-state index in [1.54, 1.807) is 37.3 Å². The Kier molecular flexibility index (Phi) is 4.24. The molecular formula is C17H17N3O4. The summed E-state index contributed by atoms with van der Waals surface area (Å²) in [6.07, 6.45) is -1.40. The van der Waals surface area contributed by atoms with Gasteiger partial charge in [0.15, 0.2) is 0 Å². The average Bonchev–Trinajstić information content (AvgIpc) is 2.57.